The predicted octanol–water partition coefficient (Wildman–Crippen LogP) is 5.72. The fourth-order valence-corrected chi connectivity index (χ4v) is 36.1. The van der Waals surface area contributed by atoms with Crippen molar-refractivity contribution in [2.24, 2.45) is 0 Å². The molecule has 0 N–H and O–H groups in total. The van der Waals surface area contributed by atoms with Crippen LogP contribution in [0.5, 0.6) is 0 Å². The molecule has 0 saturated carbocycles. The van der Waals surface area contributed by atoms with E-state index in [1.165, 1.54) is 69.0 Å². The van der Waals surface area contributed by atoms with Crippen molar-refractivity contribution in [2.45, 2.75) is 15.7 Å². The molecular formula is C15H27S9Sb. The quantitative estimate of drug-likeness (QED) is 0.166. The second-order valence-corrected chi connectivity index (χ2v) is 35.2. The summed E-state index contributed by atoms with van der Waals surface area (Å²) in [7, 11) is 7.23. The van der Waals surface area contributed by atoms with E-state index in [0.29, 0.717) is 0 Å². The number of thioether (sulfide) groups is 6. The van der Waals surface area contributed by atoms with Crippen LogP contribution in [0, 0.1) is 0 Å². The van der Waals surface area contributed by atoms with E-state index in [9.17, 15) is 0 Å². The van der Waals surface area contributed by atoms with E-state index in [-0.39, 0.29) is 0 Å². The molecule has 0 aromatic rings. The van der Waals surface area contributed by atoms with Crippen molar-refractivity contribution in [2.75, 3.05) is 69.0 Å². The molecule has 0 spiro atoms. The van der Waals surface area contributed by atoms with E-state index in [4.69, 9.17) is 0 Å². The molecule has 10 heteroatoms. The molecule has 3 fully saturated rings. The predicted molar refractivity (Wildman–Crippen MR) is 144 cm³/mol. The maximum absolute atomic E-state index is 2.41. The van der Waals surface area contributed by atoms with Gasteiger partial charge in [0.2, 0.25) is 0 Å². The number of hydrogen-bond donors (Lipinski definition) is 0. The van der Waals surface area contributed by atoms with Crippen LogP contribution in [-0.2, 0) is 0 Å². The molecule has 3 saturated heterocycles. The van der Waals surface area contributed by atoms with Crippen molar-refractivity contribution in [3.8, 4) is 0 Å². The molecule has 3 rings (SSSR count). The van der Waals surface area contributed by atoms with Crippen LogP contribution in [0.4, 0.5) is 0 Å². The molecule has 0 aromatic carbocycles. The summed E-state index contributed by atoms with van der Waals surface area (Å²) in [5.74, 6) is 17.0. The summed E-state index contributed by atoms with van der Waals surface area (Å²) in [5.41, 5.74) is 0. The summed E-state index contributed by atoms with van der Waals surface area (Å²) >= 11 is 11.9. The first-order valence-corrected chi connectivity index (χ1v) is 27.5. The number of hydrogen-bond acceptors (Lipinski definition) is 9. The SMILES string of the molecule is C(C[S][Sb]([S]CCSC1CSC1)[S]CCSC1CSC1)SC1CSC1. The summed E-state index contributed by atoms with van der Waals surface area (Å²) < 4.78 is 0. The molecule has 0 atom stereocenters. The Hall–Kier alpha value is 3.97. The molecule has 0 aromatic heterocycles. The fourth-order valence-electron chi connectivity index (χ4n) is 2.02. The van der Waals surface area contributed by atoms with Gasteiger partial charge < -0.3 is 0 Å². The topological polar surface area (TPSA) is 0 Å². The monoisotopic (exact) mass is 616 g/mol. The van der Waals surface area contributed by atoms with Gasteiger partial charge in [0.1, 0.15) is 0 Å². The molecule has 3 aliphatic heterocycles. The van der Waals surface area contributed by atoms with Gasteiger partial charge in [-0.1, -0.05) is 0 Å². The van der Waals surface area contributed by atoms with Crippen LogP contribution >= 0.6 is 97.1 Å². The zero-order valence-corrected chi connectivity index (χ0v) is 24.2. The fraction of sp³-hybridized carbons (Fsp3) is 1.00. The third kappa shape index (κ3) is 10.2. The van der Waals surface area contributed by atoms with Gasteiger partial charge in [0, 0.05) is 0 Å². The Balaban J connectivity index is 1.23. The average Bonchev–Trinajstić information content (AvgIpc) is 2.48. The minimum absolute atomic E-state index is 0.991. The van der Waals surface area contributed by atoms with Gasteiger partial charge in [-0.15, -0.1) is 0 Å². The van der Waals surface area contributed by atoms with E-state index in [1.807, 2.05) is 0 Å². The summed E-state index contributed by atoms with van der Waals surface area (Å²) in [5, 5.41) is 2.97. The first-order valence-electron chi connectivity index (χ1n) is 8.67. The molecule has 0 unspecified atom stereocenters. The third-order valence-electron chi connectivity index (χ3n) is 3.72. The molecule has 146 valence electrons. The first kappa shape index (κ1) is 23.6. The minimum atomic E-state index is -1.17. The van der Waals surface area contributed by atoms with Gasteiger partial charge in [-0.2, -0.15) is 0 Å². The molecule has 0 nitrogen and oxygen atoms in total. The van der Waals surface area contributed by atoms with Crippen molar-refractivity contribution in [1.82, 2.24) is 0 Å². The number of rotatable bonds is 15. The summed E-state index contributed by atoms with van der Waals surface area (Å²) in [6.07, 6.45) is 0. The van der Waals surface area contributed by atoms with Crippen molar-refractivity contribution >= 4 is 113 Å². The molecule has 0 aliphatic carbocycles. The van der Waals surface area contributed by atoms with Crippen molar-refractivity contribution in [1.29, 1.82) is 0 Å². The van der Waals surface area contributed by atoms with Gasteiger partial charge >= 0.3 is 198 Å². The van der Waals surface area contributed by atoms with Gasteiger partial charge in [-0.05, 0) is 0 Å². The molecular weight excluding hydrogens is 591 g/mol. The standard InChI is InChI=1S/3C5H10S3.Sb/c3*6-1-2-8-5-3-7-4-5;/h3*5-6H,1-4H2;/q;;;+3/p-3. The summed E-state index contributed by atoms with van der Waals surface area (Å²) in [6, 6.07) is 0. The molecule has 0 bridgehead atoms. The first-order chi connectivity index (χ1) is 12.4. The van der Waals surface area contributed by atoms with Crippen LogP contribution in [0.15, 0.2) is 0 Å². The van der Waals surface area contributed by atoms with Crippen molar-refractivity contribution in [3.05, 3.63) is 0 Å². The second-order valence-electron chi connectivity index (χ2n) is 5.81. The summed E-state index contributed by atoms with van der Waals surface area (Å²) in [6.45, 7) is 0. The van der Waals surface area contributed by atoms with Crippen molar-refractivity contribution in [3.63, 3.8) is 0 Å². The van der Waals surface area contributed by atoms with Crippen LogP contribution in [0.25, 0.3) is 0 Å². The normalized spacial score (nSPS) is 22.0. The molecule has 25 heavy (non-hydrogen) atoms. The van der Waals surface area contributed by atoms with E-state index in [0.717, 1.165) is 15.7 Å². The maximum atomic E-state index is 2.41. The van der Waals surface area contributed by atoms with Gasteiger partial charge in [-0.3, -0.25) is 0 Å². The van der Waals surface area contributed by atoms with Crippen molar-refractivity contribution < 1.29 is 0 Å². The Kier molecular flexibility index (Phi) is 14.1. The molecule has 3 aliphatic rings. The van der Waals surface area contributed by atoms with Gasteiger partial charge in [0.25, 0.3) is 0 Å². The van der Waals surface area contributed by atoms with E-state index in [2.05, 4.69) is 97.1 Å². The Morgan fingerprint density at radius 3 is 1.08 bits per heavy atom. The van der Waals surface area contributed by atoms with E-state index in [1.54, 1.807) is 0 Å². The zero-order valence-electron chi connectivity index (χ0n) is 14.3. The average molecular weight is 618 g/mol. The zero-order chi connectivity index (χ0) is 17.2. The Bertz CT molecular complexity index is 298. The molecule has 3 heterocycles. The Labute approximate surface area is 195 Å². The Morgan fingerprint density at radius 1 is 0.520 bits per heavy atom. The van der Waals surface area contributed by atoms with E-state index >= 15 is 0 Å². The van der Waals surface area contributed by atoms with Crippen LogP contribution in [0.2, 0.25) is 0 Å². The van der Waals surface area contributed by atoms with Crippen LogP contribution in [-0.4, -0.2) is 101 Å². The molecule has 0 radical (unpaired) electrons. The molecule has 0 amide bonds. The van der Waals surface area contributed by atoms with Gasteiger partial charge in [0.05, 0.1) is 0 Å². The Morgan fingerprint density at radius 2 is 0.840 bits per heavy atom. The summed E-state index contributed by atoms with van der Waals surface area (Å²) in [4.78, 5) is 0. The van der Waals surface area contributed by atoms with Crippen LogP contribution in [0.1, 0.15) is 0 Å². The van der Waals surface area contributed by atoms with Crippen LogP contribution in [0.3, 0.4) is 0 Å². The van der Waals surface area contributed by atoms with Crippen LogP contribution < -0.4 is 0 Å². The van der Waals surface area contributed by atoms with E-state index < -0.39 is 16.0 Å². The van der Waals surface area contributed by atoms with Gasteiger partial charge in [-0.25, -0.2) is 0 Å². The second kappa shape index (κ2) is 14.9. The van der Waals surface area contributed by atoms with Gasteiger partial charge in [0.15, 0.2) is 0 Å². The third-order valence-corrected chi connectivity index (χ3v) is 38.0.